The van der Waals surface area contributed by atoms with Gasteiger partial charge in [-0.2, -0.15) is 29.9 Å². The van der Waals surface area contributed by atoms with E-state index in [4.69, 9.17) is 9.47 Å². The fourth-order valence-electron chi connectivity index (χ4n) is 7.31. The van der Waals surface area contributed by atoms with Gasteiger partial charge in [-0.15, -0.1) is 0 Å². The zero-order valence-electron chi connectivity index (χ0n) is 33.1. The molecule has 14 nitrogen and oxygen atoms in total. The van der Waals surface area contributed by atoms with Crippen molar-refractivity contribution in [1.29, 1.82) is 0 Å². The average Bonchev–Trinajstić information content (AvgIpc) is 3.04. The zero-order chi connectivity index (χ0) is 38.2. The molecule has 0 aromatic carbocycles. The summed E-state index contributed by atoms with van der Waals surface area (Å²) in [6.07, 6.45) is 12.1. The summed E-state index contributed by atoms with van der Waals surface area (Å²) in [4.78, 5) is 36.2. The second-order valence-corrected chi connectivity index (χ2v) is 16.5. The van der Waals surface area contributed by atoms with Crippen LogP contribution in [0.25, 0.3) is 0 Å². The summed E-state index contributed by atoms with van der Waals surface area (Å²) in [7, 11) is 0. The van der Waals surface area contributed by atoms with Crippen molar-refractivity contribution in [2.75, 3.05) is 23.8 Å². The number of nitrogens with one attached hydrogen (secondary N) is 4. The Morgan fingerprint density at radius 1 is 0.654 bits per heavy atom. The number of hydrogen-bond acceptors (Lipinski definition) is 14. The Bertz CT molecular complexity index is 1460. The Morgan fingerprint density at radius 2 is 1.04 bits per heavy atom. The van der Waals surface area contributed by atoms with Crippen molar-refractivity contribution in [2.45, 2.75) is 142 Å². The highest BCUT2D eigenvalue weighted by molar-refractivity contribution is 5.62. The summed E-state index contributed by atoms with van der Waals surface area (Å²) in [6.45, 7) is 30.3. The maximum atomic E-state index is 5.68. The van der Waals surface area contributed by atoms with E-state index in [2.05, 4.69) is 144 Å². The van der Waals surface area contributed by atoms with E-state index in [0.29, 0.717) is 35.6 Å². The quantitative estimate of drug-likeness (QED) is 0.0769. The summed E-state index contributed by atoms with van der Waals surface area (Å²) in [5, 5.41) is 14.6. The third-order valence-electron chi connectivity index (χ3n) is 10.1. The van der Waals surface area contributed by atoms with Crippen LogP contribution < -0.4 is 30.7 Å². The number of ether oxygens (including phenoxy) is 2. The van der Waals surface area contributed by atoms with Crippen molar-refractivity contribution < 1.29 is 9.47 Å². The molecule has 2 saturated heterocycles. The van der Waals surface area contributed by atoms with Gasteiger partial charge in [0.15, 0.2) is 0 Å². The van der Waals surface area contributed by atoms with Gasteiger partial charge in [-0.25, -0.2) is 9.98 Å². The molecule has 0 amide bonds. The first kappa shape index (κ1) is 40.7. The minimum absolute atomic E-state index is 0.0381. The summed E-state index contributed by atoms with van der Waals surface area (Å²) < 4.78 is 11.4. The van der Waals surface area contributed by atoms with Crippen molar-refractivity contribution in [2.24, 2.45) is 21.8 Å². The van der Waals surface area contributed by atoms with E-state index in [9.17, 15) is 0 Å². The van der Waals surface area contributed by atoms with Crippen LogP contribution >= 0.6 is 0 Å². The maximum absolute atomic E-state index is 5.68. The molecule has 2 aromatic heterocycles. The molecule has 4 N–H and O–H groups in total. The van der Waals surface area contributed by atoms with Crippen molar-refractivity contribution in [3.63, 3.8) is 0 Å². The van der Waals surface area contributed by atoms with Crippen LogP contribution in [0.3, 0.4) is 0 Å². The molecule has 2 aromatic rings. The van der Waals surface area contributed by atoms with Gasteiger partial charge in [-0.3, -0.25) is 0 Å². The fraction of sp³-hybridized carbons (Fsp3) is 0.684. The Hall–Kier alpha value is -4.04. The predicted molar refractivity (Wildman–Crippen MR) is 211 cm³/mol. The van der Waals surface area contributed by atoms with Crippen molar-refractivity contribution in [1.82, 2.24) is 40.5 Å². The number of nitrogens with zero attached hydrogens (tertiary/aromatic N) is 8. The number of rotatable bonds is 17. The lowest BCUT2D eigenvalue weighted by Crippen LogP contribution is -2.65. The van der Waals surface area contributed by atoms with E-state index in [-0.39, 0.29) is 59.5 Å². The molecule has 52 heavy (non-hydrogen) atoms. The molecule has 4 unspecified atom stereocenters. The normalized spacial score (nSPS) is 24.7. The van der Waals surface area contributed by atoms with Gasteiger partial charge in [0, 0.05) is 46.7 Å². The summed E-state index contributed by atoms with van der Waals surface area (Å²) >= 11 is 0. The summed E-state index contributed by atoms with van der Waals surface area (Å²) in [5.74, 6) is 2.16. The van der Waals surface area contributed by atoms with Gasteiger partial charge in [-0.1, -0.05) is 39.2 Å². The van der Waals surface area contributed by atoms with E-state index in [1.54, 1.807) is 12.2 Å². The predicted octanol–water partition coefficient (Wildman–Crippen LogP) is 6.79. The van der Waals surface area contributed by atoms with Crippen molar-refractivity contribution in [3.8, 4) is 12.0 Å². The first-order valence-corrected chi connectivity index (χ1v) is 18.6. The Balaban J connectivity index is 1.34. The van der Waals surface area contributed by atoms with Gasteiger partial charge >= 0.3 is 12.0 Å². The highest BCUT2D eigenvalue weighted by atomic mass is 16.5. The lowest BCUT2D eigenvalue weighted by molar-refractivity contribution is 0.109. The van der Waals surface area contributed by atoms with Gasteiger partial charge in [0.1, 0.15) is 13.2 Å². The third kappa shape index (κ3) is 11.7. The van der Waals surface area contributed by atoms with Crippen LogP contribution in [0.1, 0.15) is 108 Å². The molecule has 4 atom stereocenters. The summed E-state index contributed by atoms with van der Waals surface area (Å²) in [5.41, 5.74) is -0.197. The number of piperidine rings is 2. The zero-order valence-corrected chi connectivity index (χ0v) is 33.1. The topological polar surface area (TPSA) is 169 Å². The summed E-state index contributed by atoms with van der Waals surface area (Å²) in [6, 6.07) is 0.745. The average molecular weight is 719 g/mol. The Labute approximate surface area is 310 Å². The lowest BCUT2D eigenvalue weighted by Gasteiger charge is -2.51. The van der Waals surface area contributed by atoms with Gasteiger partial charge in [0.25, 0.3) is 11.9 Å². The smallest absolute Gasteiger partial charge is 0.323 e. The third-order valence-corrected chi connectivity index (χ3v) is 10.1. The first-order valence-electron chi connectivity index (χ1n) is 18.6. The van der Waals surface area contributed by atoms with E-state index in [1.807, 2.05) is 12.4 Å². The van der Waals surface area contributed by atoms with Crippen molar-refractivity contribution in [3.05, 3.63) is 25.3 Å². The van der Waals surface area contributed by atoms with Gasteiger partial charge in [0.05, 0.1) is 0 Å². The molecule has 2 aliphatic rings. The van der Waals surface area contributed by atoms with Crippen LogP contribution in [0.2, 0.25) is 0 Å². The standard InChI is InChI=1S/C38H62N12O2/c1-13-21-51-33-45-29(43-31(47-33)41-27-23-35(5,6)49-37(9,10)25(27)3)39-19-17-15-16-18-20-40-30-44-32(48-34(46-30)52-22-14-2)42-28-24-36(7,8)50-38(11,12)26(28)4/h13-14,19-20,25-28,49-50H,1-2,15-18,21-24H2,3-12H3,(H,41,43,45,47)(H,42,44,46,48). The van der Waals surface area contributed by atoms with E-state index in [1.165, 1.54) is 0 Å². The molecule has 2 aliphatic heterocycles. The monoisotopic (exact) mass is 719 g/mol. The second-order valence-electron chi connectivity index (χ2n) is 16.5. The van der Waals surface area contributed by atoms with Gasteiger partial charge in [-0.05, 0) is 106 Å². The highest BCUT2D eigenvalue weighted by Gasteiger charge is 2.44. The number of aliphatic imine (C=N–C) groups is 2. The lowest BCUT2D eigenvalue weighted by atomic mass is 9.72. The van der Waals surface area contributed by atoms with E-state index >= 15 is 0 Å². The molecule has 14 heteroatoms. The van der Waals surface area contributed by atoms with Crippen LogP contribution in [0, 0.1) is 11.8 Å². The van der Waals surface area contributed by atoms with Crippen LogP contribution in [0.5, 0.6) is 12.0 Å². The van der Waals surface area contributed by atoms with Crippen LogP contribution in [-0.4, -0.2) is 89.8 Å². The highest BCUT2D eigenvalue weighted by Crippen LogP contribution is 2.36. The molecule has 2 fully saturated rings. The van der Waals surface area contributed by atoms with Crippen molar-refractivity contribution >= 4 is 36.2 Å². The molecule has 0 spiro atoms. The van der Waals surface area contributed by atoms with Crippen LogP contribution in [-0.2, 0) is 0 Å². The largest absolute Gasteiger partial charge is 0.459 e. The molecule has 0 aliphatic carbocycles. The fourth-order valence-corrected chi connectivity index (χ4v) is 7.31. The minimum Gasteiger partial charge on any atom is -0.459 e. The van der Waals surface area contributed by atoms with E-state index < -0.39 is 0 Å². The molecular weight excluding hydrogens is 656 g/mol. The van der Waals surface area contributed by atoms with E-state index in [0.717, 1.165) is 38.5 Å². The molecular formula is C38H62N12O2. The van der Waals surface area contributed by atoms with Crippen LogP contribution in [0.15, 0.2) is 35.3 Å². The molecule has 0 bridgehead atoms. The molecule has 0 saturated carbocycles. The Kier molecular flexibility index (Phi) is 13.5. The van der Waals surface area contributed by atoms with Gasteiger partial charge < -0.3 is 30.7 Å². The molecule has 286 valence electrons. The number of aromatic nitrogens is 6. The molecule has 4 heterocycles. The molecule has 4 rings (SSSR count). The van der Waals surface area contributed by atoms with Crippen LogP contribution in [0.4, 0.5) is 23.8 Å². The van der Waals surface area contributed by atoms with Gasteiger partial charge in [0.2, 0.25) is 11.9 Å². The SMILES string of the molecule is C=CCOc1nc(N=CCCCCC=Nc2nc(NC3CC(C)(C)NC(C)(C)C3C)nc(OCC=C)n2)nc(NC2CC(C)(C)NC(C)(C)C2C)n1. The number of hydrogen-bond donors (Lipinski definition) is 4. The number of anilines is 2. The second kappa shape index (κ2) is 17.2. The molecule has 0 radical (unpaired) electrons. The Morgan fingerprint density at radius 3 is 1.40 bits per heavy atom. The number of unbranched alkanes of at least 4 members (excludes halogenated alkanes) is 3. The maximum Gasteiger partial charge on any atom is 0.323 e. The minimum atomic E-state index is -0.0602. The first-order chi connectivity index (χ1) is 24.4.